The quantitative estimate of drug-likeness (QED) is 0.695. The number of nitrogens with one attached hydrogen (secondary N) is 2. The zero-order valence-electron chi connectivity index (χ0n) is 14.7. The molecule has 0 bridgehead atoms. The maximum Gasteiger partial charge on any atom is 0.255 e. The van der Waals surface area contributed by atoms with Crippen LogP contribution < -0.4 is 19.5 Å². The first-order valence-electron chi connectivity index (χ1n) is 8.29. The summed E-state index contributed by atoms with van der Waals surface area (Å²) in [6, 6.07) is 10.8. The topological polar surface area (TPSA) is 103 Å². The third-order valence-corrected chi connectivity index (χ3v) is 5.30. The predicted octanol–water partition coefficient (Wildman–Crippen LogP) is 1.63. The lowest BCUT2D eigenvalue weighted by Gasteiger charge is -2.19. The molecule has 1 heterocycles. The smallest absolute Gasteiger partial charge is 0.255 e. The fourth-order valence-electron chi connectivity index (χ4n) is 2.47. The van der Waals surface area contributed by atoms with Crippen molar-refractivity contribution in [2.75, 3.05) is 38.8 Å². The first kappa shape index (κ1) is 19.2. The van der Waals surface area contributed by atoms with Gasteiger partial charge in [0.1, 0.15) is 13.2 Å². The van der Waals surface area contributed by atoms with E-state index in [4.69, 9.17) is 14.2 Å². The van der Waals surface area contributed by atoms with Crippen LogP contribution in [0.5, 0.6) is 11.5 Å². The van der Waals surface area contributed by atoms with Crippen molar-refractivity contribution in [2.24, 2.45) is 0 Å². The fraction of sp³-hybridized carbons (Fsp3) is 0.278. The molecule has 8 nitrogen and oxygen atoms in total. The zero-order valence-corrected chi connectivity index (χ0v) is 15.5. The van der Waals surface area contributed by atoms with E-state index < -0.39 is 10.0 Å². The highest BCUT2D eigenvalue weighted by atomic mass is 32.2. The van der Waals surface area contributed by atoms with Crippen LogP contribution in [0.3, 0.4) is 0 Å². The molecule has 2 aromatic carbocycles. The van der Waals surface area contributed by atoms with Crippen molar-refractivity contribution >= 4 is 21.6 Å². The van der Waals surface area contributed by atoms with Crippen molar-refractivity contribution in [1.82, 2.24) is 4.72 Å². The van der Waals surface area contributed by atoms with E-state index in [1.165, 1.54) is 31.4 Å². The van der Waals surface area contributed by atoms with Crippen LogP contribution in [-0.4, -0.2) is 47.8 Å². The fourth-order valence-corrected chi connectivity index (χ4v) is 3.48. The van der Waals surface area contributed by atoms with E-state index in [1.807, 2.05) is 0 Å². The number of ether oxygens (including phenoxy) is 3. The van der Waals surface area contributed by atoms with Gasteiger partial charge >= 0.3 is 0 Å². The highest BCUT2D eigenvalue weighted by molar-refractivity contribution is 7.89. The van der Waals surface area contributed by atoms with E-state index in [9.17, 15) is 13.2 Å². The van der Waals surface area contributed by atoms with Gasteiger partial charge < -0.3 is 19.5 Å². The van der Waals surface area contributed by atoms with Crippen LogP contribution in [0.15, 0.2) is 47.4 Å². The number of amides is 1. The van der Waals surface area contributed by atoms with Gasteiger partial charge in [0, 0.05) is 31.0 Å². The minimum atomic E-state index is -3.64. The summed E-state index contributed by atoms with van der Waals surface area (Å²) in [5.74, 6) is 0.848. The summed E-state index contributed by atoms with van der Waals surface area (Å²) in [5, 5.41) is 2.75. The number of fused-ring (bicyclic) bond motifs is 1. The van der Waals surface area contributed by atoms with Gasteiger partial charge in [0.15, 0.2) is 11.5 Å². The van der Waals surface area contributed by atoms with Crippen molar-refractivity contribution < 1.29 is 27.4 Å². The summed E-state index contributed by atoms with van der Waals surface area (Å²) < 4.78 is 42.4. The Kier molecular flexibility index (Phi) is 5.94. The van der Waals surface area contributed by atoms with Crippen molar-refractivity contribution in [1.29, 1.82) is 0 Å². The molecular formula is C18H20N2O6S. The number of benzene rings is 2. The van der Waals surface area contributed by atoms with Crippen molar-refractivity contribution in [3.05, 3.63) is 48.0 Å². The lowest BCUT2D eigenvalue weighted by atomic mass is 10.2. The minimum Gasteiger partial charge on any atom is -0.486 e. The maximum absolute atomic E-state index is 12.4. The second kappa shape index (κ2) is 8.38. The predicted molar refractivity (Wildman–Crippen MR) is 98.9 cm³/mol. The molecular weight excluding hydrogens is 372 g/mol. The lowest BCUT2D eigenvalue weighted by Crippen LogP contribution is -2.27. The molecule has 0 unspecified atom stereocenters. The molecule has 0 spiro atoms. The van der Waals surface area contributed by atoms with Gasteiger partial charge in [0.05, 0.1) is 11.5 Å². The van der Waals surface area contributed by atoms with Crippen LogP contribution in [0, 0.1) is 0 Å². The molecule has 1 aliphatic rings. The number of hydrogen-bond acceptors (Lipinski definition) is 6. The summed E-state index contributed by atoms with van der Waals surface area (Å²) in [6.07, 6.45) is 0. The number of carbonyl (C=O) groups excluding carboxylic acids is 1. The number of rotatable bonds is 7. The van der Waals surface area contributed by atoms with Crippen LogP contribution >= 0.6 is 0 Å². The van der Waals surface area contributed by atoms with Crippen molar-refractivity contribution in [2.45, 2.75) is 4.90 Å². The van der Waals surface area contributed by atoms with Crippen molar-refractivity contribution in [3.8, 4) is 11.5 Å². The Morgan fingerprint density at radius 3 is 2.48 bits per heavy atom. The van der Waals surface area contributed by atoms with Gasteiger partial charge in [-0.3, -0.25) is 4.79 Å². The van der Waals surface area contributed by atoms with Gasteiger partial charge in [0.2, 0.25) is 10.0 Å². The maximum atomic E-state index is 12.4. The number of hydrogen-bond donors (Lipinski definition) is 2. The molecule has 1 amide bonds. The van der Waals surface area contributed by atoms with Gasteiger partial charge in [-0.1, -0.05) is 0 Å². The average Bonchev–Trinajstić information content (AvgIpc) is 2.68. The number of methoxy groups -OCH3 is 1. The Morgan fingerprint density at radius 1 is 1.07 bits per heavy atom. The molecule has 0 saturated heterocycles. The van der Waals surface area contributed by atoms with Gasteiger partial charge in [0.25, 0.3) is 5.91 Å². The minimum absolute atomic E-state index is 0.0782. The monoisotopic (exact) mass is 392 g/mol. The highest BCUT2D eigenvalue weighted by Gasteiger charge is 2.16. The molecule has 0 aliphatic carbocycles. The summed E-state index contributed by atoms with van der Waals surface area (Å²) >= 11 is 0. The Hall–Kier alpha value is -2.62. The highest BCUT2D eigenvalue weighted by Crippen LogP contribution is 2.32. The van der Waals surface area contributed by atoms with E-state index in [2.05, 4.69) is 10.0 Å². The van der Waals surface area contributed by atoms with Gasteiger partial charge in [-0.15, -0.1) is 0 Å². The van der Waals surface area contributed by atoms with E-state index in [0.717, 1.165) is 0 Å². The van der Waals surface area contributed by atoms with Gasteiger partial charge in [-0.25, -0.2) is 13.1 Å². The molecule has 2 aromatic rings. The Labute approximate surface area is 157 Å². The summed E-state index contributed by atoms with van der Waals surface area (Å²) in [7, 11) is -2.15. The van der Waals surface area contributed by atoms with E-state index in [-0.39, 0.29) is 24.0 Å². The molecule has 2 N–H and O–H groups in total. The molecule has 3 rings (SSSR count). The normalized spacial score (nSPS) is 13.2. The molecule has 0 fully saturated rings. The standard InChI is InChI=1S/C18H20N2O6S/c1-24-9-8-19-27(22,23)15-5-2-13(3-6-15)18(21)20-14-4-7-16-17(12-14)26-11-10-25-16/h2-7,12,19H,8-11H2,1H3,(H,20,21). The largest absolute Gasteiger partial charge is 0.486 e. The number of carbonyl (C=O) groups is 1. The third kappa shape index (κ3) is 4.76. The van der Waals surface area contributed by atoms with Crippen LogP contribution in [0.2, 0.25) is 0 Å². The summed E-state index contributed by atoms with van der Waals surface area (Å²) in [6.45, 7) is 1.40. The Balaban J connectivity index is 1.67. The van der Waals surface area contributed by atoms with E-state index in [0.29, 0.717) is 36.0 Å². The molecule has 0 radical (unpaired) electrons. The molecule has 1 aliphatic heterocycles. The second-order valence-corrected chi connectivity index (χ2v) is 7.49. The molecule has 0 atom stereocenters. The molecule has 27 heavy (non-hydrogen) atoms. The van der Waals surface area contributed by atoms with Crippen LogP contribution in [0.1, 0.15) is 10.4 Å². The summed E-state index contributed by atoms with van der Waals surface area (Å²) in [5.41, 5.74) is 0.892. The van der Waals surface area contributed by atoms with Crippen LogP contribution in [-0.2, 0) is 14.8 Å². The summed E-state index contributed by atoms with van der Waals surface area (Å²) in [4.78, 5) is 12.5. The van der Waals surface area contributed by atoms with E-state index in [1.54, 1.807) is 18.2 Å². The second-order valence-electron chi connectivity index (χ2n) is 5.73. The SMILES string of the molecule is COCCNS(=O)(=O)c1ccc(C(=O)Nc2ccc3c(c2)OCCO3)cc1. The molecule has 0 saturated carbocycles. The lowest BCUT2D eigenvalue weighted by molar-refractivity contribution is 0.102. The van der Waals surface area contributed by atoms with Gasteiger partial charge in [-0.05, 0) is 36.4 Å². The number of sulfonamides is 1. The molecule has 9 heteroatoms. The average molecular weight is 392 g/mol. The third-order valence-electron chi connectivity index (χ3n) is 3.83. The van der Waals surface area contributed by atoms with Gasteiger partial charge in [-0.2, -0.15) is 0 Å². The Morgan fingerprint density at radius 2 is 1.78 bits per heavy atom. The van der Waals surface area contributed by atoms with E-state index >= 15 is 0 Å². The molecule has 0 aromatic heterocycles. The van der Waals surface area contributed by atoms with Crippen LogP contribution in [0.25, 0.3) is 0 Å². The first-order valence-corrected chi connectivity index (χ1v) is 9.77. The Bertz CT molecular complexity index is 912. The van der Waals surface area contributed by atoms with Crippen LogP contribution in [0.4, 0.5) is 5.69 Å². The van der Waals surface area contributed by atoms with Crippen molar-refractivity contribution in [3.63, 3.8) is 0 Å². The first-order chi connectivity index (χ1) is 13.0. The molecule has 144 valence electrons. The number of anilines is 1. The zero-order chi connectivity index (χ0) is 19.3.